The van der Waals surface area contributed by atoms with Gasteiger partial charge in [-0.05, 0) is 43.7 Å². The standard InChI is InChI=1S/C27H34N4O4/c1-20(2)31-18-22(16-26(31)33)27(34)35-19-25(32)28-23-8-10-24(11-9-23)30-14-12-29(13-15-30)17-21-6-4-3-5-7-21/h3-11,20,22H,12-19H2,1-2H3,(H,28,32). The zero-order valence-corrected chi connectivity index (χ0v) is 20.5. The smallest absolute Gasteiger partial charge is 0.311 e. The van der Waals surface area contributed by atoms with Crippen molar-refractivity contribution in [2.24, 2.45) is 5.92 Å². The summed E-state index contributed by atoms with van der Waals surface area (Å²) in [6.07, 6.45) is 0.139. The van der Waals surface area contributed by atoms with Gasteiger partial charge in [0.15, 0.2) is 6.61 Å². The number of ether oxygens (including phenoxy) is 1. The van der Waals surface area contributed by atoms with Gasteiger partial charge in [0.2, 0.25) is 5.91 Å². The second-order valence-corrected chi connectivity index (χ2v) is 9.49. The minimum Gasteiger partial charge on any atom is -0.455 e. The van der Waals surface area contributed by atoms with Gasteiger partial charge in [0, 0.05) is 63.1 Å². The van der Waals surface area contributed by atoms with Crippen molar-refractivity contribution in [3.63, 3.8) is 0 Å². The number of nitrogens with zero attached hydrogens (tertiary/aromatic N) is 3. The molecule has 0 spiro atoms. The first kappa shape index (κ1) is 24.7. The number of nitrogens with one attached hydrogen (secondary N) is 1. The van der Waals surface area contributed by atoms with E-state index in [0.29, 0.717) is 12.2 Å². The number of piperazine rings is 1. The SMILES string of the molecule is CC(C)N1CC(C(=O)OCC(=O)Nc2ccc(N3CCN(Cc4ccccc4)CC3)cc2)CC1=O. The molecule has 2 fully saturated rings. The summed E-state index contributed by atoms with van der Waals surface area (Å²) >= 11 is 0. The first-order valence-electron chi connectivity index (χ1n) is 12.3. The molecule has 2 heterocycles. The molecular formula is C27H34N4O4. The number of rotatable bonds is 8. The van der Waals surface area contributed by atoms with Crippen molar-refractivity contribution in [3.05, 3.63) is 60.2 Å². The predicted molar refractivity (Wildman–Crippen MR) is 135 cm³/mol. The Hall–Kier alpha value is -3.39. The van der Waals surface area contributed by atoms with E-state index in [4.69, 9.17) is 4.74 Å². The number of anilines is 2. The molecule has 2 amide bonds. The van der Waals surface area contributed by atoms with Crippen LogP contribution in [0.4, 0.5) is 11.4 Å². The molecule has 1 N–H and O–H groups in total. The lowest BCUT2D eigenvalue weighted by atomic mass is 10.1. The average molecular weight is 479 g/mol. The molecule has 8 heteroatoms. The largest absolute Gasteiger partial charge is 0.455 e. The minimum absolute atomic E-state index is 0.0460. The molecule has 2 aromatic carbocycles. The van der Waals surface area contributed by atoms with Crippen molar-refractivity contribution in [1.29, 1.82) is 0 Å². The summed E-state index contributed by atoms with van der Waals surface area (Å²) in [4.78, 5) is 43.0. The third-order valence-electron chi connectivity index (χ3n) is 6.60. The van der Waals surface area contributed by atoms with Crippen LogP contribution in [0.2, 0.25) is 0 Å². The fraction of sp³-hybridized carbons (Fsp3) is 0.444. The monoisotopic (exact) mass is 478 g/mol. The first-order valence-corrected chi connectivity index (χ1v) is 12.3. The molecule has 1 atom stereocenters. The van der Waals surface area contributed by atoms with E-state index in [1.807, 2.05) is 44.2 Å². The van der Waals surface area contributed by atoms with Crippen LogP contribution in [0.15, 0.2) is 54.6 Å². The fourth-order valence-electron chi connectivity index (χ4n) is 4.60. The van der Waals surface area contributed by atoms with Crippen LogP contribution in [0.25, 0.3) is 0 Å². The summed E-state index contributed by atoms with van der Waals surface area (Å²) in [5.41, 5.74) is 3.11. The summed E-state index contributed by atoms with van der Waals surface area (Å²) in [5.74, 6) is -1.46. The molecule has 0 saturated carbocycles. The molecule has 2 aliphatic heterocycles. The molecule has 0 aliphatic carbocycles. The van der Waals surface area contributed by atoms with Gasteiger partial charge in [-0.2, -0.15) is 0 Å². The zero-order chi connectivity index (χ0) is 24.8. The van der Waals surface area contributed by atoms with E-state index in [1.54, 1.807) is 4.90 Å². The van der Waals surface area contributed by atoms with Crippen LogP contribution in [-0.4, -0.2) is 73.0 Å². The zero-order valence-electron chi connectivity index (χ0n) is 20.5. The highest BCUT2D eigenvalue weighted by Crippen LogP contribution is 2.22. The van der Waals surface area contributed by atoms with Crippen LogP contribution in [0.5, 0.6) is 0 Å². The van der Waals surface area contributed by atoms with E-state index in [9.17, 15) is 14.4 Å². The van der Waals surface area contributed by atoms with Gasteiger partial charge in [-0.1, -0.05) is 30.3 Å². The second kappa shape index (κ2) is 11.4. The van der Waals surface area contributed by atoms with Crippen LogP contribution in [0.1, 0.15) is 25.8 Å². The summed E-state index contributed by atoms with van der Waals surface area (Å²) < 4.78 is 5.17. The minimum atomic E-state index is -0.509. The Labute approximate surface area is 206 Å². The van der Waals surface area contributed by atoms with Crippen LogP contribution in [0.3, 0.4) is 0 Å². The van der Waals surface area contributed by atoms with Crippen molar-refractivity contribution in [3.8, 4) is 0 Å². The molecule has 2 aliphatic rings. The summed E-state index contributed by atoms with van der Waals surface area (Å²) in [6, 6.07) is 18.3. The van der Waals surface area contributed by atoms with Gasteiger partial charge >= 0.3 is 5.97 Å². The number of esters is 1. The quantitative estimate of drug-likeness (QED) is 0.588. The Kier molecular flexibility index (Phi) is 8.02. The average Bonchev–Trinajstić information content (AvgIpc) is 3.26. The lowest BCUT2D eigenvalue weighted by Gasteiger charge is -2.36. The molecule has 0 bridgehead atoms. The maximum atomic E-state index is 12.3. The molecule has 8 nitrogen and oxygen atoms in total. The molecule has 2 aromatic rings. The maximum Gasteiger partial charge on any atom is 0.311 e. The number of benzene rings is 2. The molecule has 2 saturated heterocycles. The molecular weight excluding hydrogens is 444 g/mol. The number of carbonyl (C=O) groups is 3. The predicted octanol–water partition coefficient (Wildman–Crippen LogP) is 2.75. The van der Waals surface area contributed by atoms with E-state index >= 15 is 0 Å². The van der Waals surface area contributed by atoms with Crippen molar-refractivity contribution < 1.29 is 19.1 Å². The van der Waals surface area contributed by atoms with Crippen LogP contribution >= 0.6 is 0 Å². The molecule has 0 aromatic heterocycles. The van der Waals surface area contributed by atoms with Crippen LogP contribution < -0.4 is 10.2 Å². The Balaban J connectivity index is 1.19. The molecule has 35 heavy (non-hydrogen) atoms. The van der Waals surface area contributed by atoms with Crippen molar-refractivity contribution in [2.75, 3.05) is 49.5 Å². The number of carbonyl (C=O) groups excluding carboxylic acids is 3. The number of amides is 2. The molecule has 0 radical (unpaired) electrons. The normalized spacial score (nSPS) is 18.7. The van der Waals surface area contributed by atoms with Gasteiger partial charge in [-0.15, -0.1) is 0 Å². The van der Waals surface area contributed by atoms with Gasteiger partial charge in [0.1, 0.15) is 0 Å². The third kappa shape index (κ3) is 6.60. The lowest BCUT2D eigenvalue weighted by Crippen LogP contribution is -2.45. The van der Waals surface area contributed by atoms with E-state index in [1.165, 1.54) is 5.56 Å². The highest BCUT2D eigenvalue weighted by atomic mass is 16.5. The van der Waals surface area contributed by atoms with Crippen LogP contribution in [0, 0.1) is 5.92 Å². The van der Waals surface area contributed by atoms with Crippen LogP contribution in [-0.2, 0) is 25.7 Å². The van der Waals surface area contributed by atoms with Crippen molar-refractivity contribution >= 4 is 29.2 Å². The van der Waals surface area contributed by atoms with E-state index in [2.05, 4.69) is 39.4 Å². The Morgan fingerprint density at radius 3 is 2.31 bits per heavy atom. The van der Waals surface area contributed by atoms with Gasteiger partial charge < -0.3 is 19.9 Å². The Morgan fingerprint density at radius 1 is 1.00 bits per heavy atom. The van der Waals surface area contributed by atoms with Crippen molar-refractivity contribution in [1.82, 2.24) is 9.80 Å². The molecule has 4 rings (SSSR count). The highest BCUT2D eigenvalue weighted by molar-refractivity contribution is 5.93. The van der Waals surface area contributed by atoms with Gasteiger partial charge in [0.05, 0.1) is 5.92 Å². The molecule has 186 valence electrons. The number of hydrogen-bond donors (Lipinski definition) is 1. The summed E-state index contributed by atoms with van der Waals surface area (Å²) in [7, 11) is 0. The molecule has 1 unspecified atom stereocenters. The van der Waals surface area contributed by atoms with E-state index in [-0.39, 0.29) is 25.0 Å². The van der Waals surface area contributed by atoms with E-state index < -0.39 is 17.8 Å². The number of hydrogen-bond acceptors (Lipinski definition) is 6. The lowest BCUT2D eigenvalue weighted by molar-refractivity contribution is -0.151. The van der Waals surface area contributed by atoms with Gasteiger partial charge in [0.25, 0.3) is 5.91 Å². The van der Waals surface area contributed by atoms with E-state index in [0.717, 1.165) is 38.4 Å². The second-order valence-electron chi connectivity index (χ2n) is 9.49. The topological polar surface area (TPSA) is 82.2 Å². The Morgan fingerprint density at radius 2 is 1.69 bits per heavy atom. The third-order valence-corrected chi connectivity index (χ3v) is 6.60. The van der Waals surface area contributed by atoms with Gasteiger partial charge in [-0.3, -0.25) is 19.3 Å². The first-order chi connectivity index (χ1) is 16.9. The summed E-state index contributed by atoms with van der Waals surface area (Å²) in [5, 5.41) is 2.77. The number of likely N-dealkylation sites (tertiary alicyclic amines) is 1. The maximum absolute atomic E-state index is 12.3. The van der Waals surface area contributed by atoms with Gasteiger partial charge in [-0.25, -0.2) is 0 Å². The Bertz CT molecular complexity index is 1020. The van der Waals surface area contributed by atoms with Crippen molar-refractivity contribution in [2.45, 2.75) is 32.9 Å². The fourth-order valence-corrected chi connectivity index (χ4v) is 4.60. The highest BCUT2D eigenvalue weighted by Gasteiger charge is 2.36. The summed E-state index contributed by atoms with van der Waals surface area (Å²) in [6.45, 7) is 8.68.